The second kappa shape index (κ2) is 27.3. The molecule has 0 fully saturated rings. The Hall–Kier alpha value is -6.52. The first-order valence-corrected chi connectivity index (χ1v) is 21.4. The highest BCUT2D eigenvalue weighted by molar-refractivity contribution is 8.04. The molecule has 61 heavy (non-hydrogen) atoms. The number of nitriles is 1. The first kappa shape index (κ1) is 52.5. The number of methoxy groups -OCH3 is 6. The SMILES string of the molecule is CCS(=O)(=O)N=C(NNC(=O)c1cccc(OC)n1)Nc1c(OC)cccc1OC.CCS(N)(=O)=O.COc1cccc(C(=O)NN)c1.COc1cccc(OC)c1SC#N. The van der Waals surface area contributed by atoms with Crippen molar-refractivity contribution in [2.45, 2.75) is 18.7 Å². The Kier molecular flexibility index (Phi) is 23.5. The van der Waals surface area contributed by atoms with E-state index in [1.54, 1.807) is 88.1 Å². The number of thiocyanates is 1. The number of ether oxygens (including phenoxy) is 6. The number of para-hydroxylation sites is 1. The molecule has 1 heterocycles. The third-order valence-corrected chi connectivity index (χ3v) is 9.81. The van der Waals surface area contributed by atoms with Crippen molar-refractivity contribution in [3.8, 4) is 40.0 Å². The number of nitrogen functional groups attached to an aromatic ring is 1. The summed E-state index contributed by atoms with van der Waals surface area (Å²) in [5, 5.41) is 17.8. The molecule has 0 saturated heterocycles. The summed E-state index contributed by atoms with van der Waals surface area (Å²) in [5.41, 5.74) is 7.70. The van der Waals surface area contributed by atoms with Gasteiger partial charge < -0.3 is 33.7 Å². The van der Waals surface area contributed by atoms with Crippen molar-refractivity contribution in [1.29, 1.82) is 5.26 Å². The number of nitrogens with zero attached hydrogens (tertiary/aromatic N) is 3. The van der Waals surface area contributed by atoms with Crippen molar-refractivity contribution in [2.75, 3.05) is 59.5 Å². The fourth-order valence-corrected chi connectivity index (χ4v) is 5.11. The molecule has 4 rings (SSSR count). The summed E-state index contributed by atoms with van der Waals surface area (Å²) in [7, 11) is 2.02. The molecule has 3 aromatic carbocycles. The highest BCUT2D eigenvalue weighted by Crippen LogP contribution is 2.37. The van der Waals surface area contributed by atoms with Crippen LogP contribution in [0.1, 0.15) is 34.7 Å². The summed E-state index contributed by atoms with van der Waals surface area (Å²) in [4.78, 5) is 28.1. The number of anilines is 1. The van der Waals surface area contributed by atoms with Crippen molar-refractivity contribution in [2.24, 2.45) is 15.4 Å². The van der Waals surface area contributed by atoms with E-state index in [1.165, 1.54) is 41.2 Å². The summed E-state index contributed by atoms with van der Waals surface area (Å²) in [6.45, 7) is 2.94. The van der Waals surface area contributed by atoms with E-state index in [9.17, 15) is 26.4 Å². The van der Waals surface area contributed by atoms with Crippen molar-refractivity contribution in [3.63, 3.8) is 0 Å². The van der Waals surface area contributed by atoms with Gasteiger partial charge in [-0.15, -0.1) is 4.40 Å². The lowest BCUT2D eigenvalue weighted by molar-refractivity contribution is 0.0934. The molecule has 0 atom stereocenters. The zero-order valence-corrected chi connectivity index (χ0v) is 37.0. The number of sulfonamides is 2. The molecule has 0 spiro atoms. The van der Waals surface area contributed by atoms with Gasteiger partial charge in [0.25, 0.3) is 21.8 Å². The van der Waals surface area contributed by atoms with Crippen molar-refractivity contribution < 1.29 is 54.8 Å². The summed E-state index contributed by atoms with van der Waals surface area (Å²) in [5.74, 6) is 6.46. The molecule has 0 aliphatic heterocycles. The van der Waals surface area contributed by atoms with Crippen molar-refractivity contribution >= 4 is 55.3 Å². The Morgan fingerprint density at radius 1 is 0.738 bits per heavy atom. The van der Waals surface area contributed by atoms with Gasteiger partial charge in [0.15, 0.2) is 0 Å². The fourth-order valence-electron chi connectivity index (χ4n) is 4.02. The molecule has 0 aliphatic rings. The van der Waals surface area contributed by atoms with E-state index in [0.29, 0.717) is 40.0 Å². The molecule has 1 aromatic heterocycles. The molecule has 0 aliphatic carbocycles. The number of primary sulfonamides is 1. The average Bonchev–Trinajstić information content (AvgIpc) is 3.28. The van der Waals surface area contributed by atoms with E-state index in [-0.39, 0.29) is 34.9 Å². The number of hydrazine groups is 2. The van der Waals surface area contributed by atoms with Crippen molar-refractivity contribution in [3.05, 3.63) is 90.1 Å². The highest BCUT2D eigenvalue weighted by Gasteiger charge is 2.17. The minimum absolute atomic E-state index is 0.0208. The average molecular weight is 908 g/mol. The van der Waals surface area contributed by atoms with Gasteiger partial charge in [-0.1, -0.05) is 24.3 Å². The summed E-state index contributed by atoms with van der Waals surface area (Å²) < 4.78 is 77.9. The van der Waals surface area contributed by atoms with Crippen LogP contribution in [0.5, 0.6) is 34.6 Å². The number of hydrogen-bond acceptors (Lipinski definition) is 16. The molecular formula is C37H49N9O12S3. The maximum Gasteiger partial charge on any atom is 0.288 e. The van der Waals surface area contributed by atoms with Gasteiger partial charge in [0, 0.05) is 11.6 Å². The molecule has 0 bridgehead atoms. The first-order valence-electron chi connectivity index (χ1n) is 17.3. The van der Waals surface area contributed by atoms with Gasteiger partial charge in [-0.25, -0.2) is 32.8 Å². The summed E-state index contributed by atoms with van der Waals surface area (Å²) in [6, 6.07) is 21.8. The van der Waals surface area contributed by atoms with E-state index in [4.69, 9.17) is 39.5 Å². The Bertz CT molecular complexity index is 2280. The minimum atomic E-state index is -3.81. The van der Waals surface area contributed by atoms with Crippen molar-refractivity contribution in [1.82, 2.24) is 21.3 Å². The van der Waals surface area contributed by atoms with Gasteiger partial charge in [0.2, 0.25) is 21.9 Å². The molecule has 332 valence electrons. The van der Waals surface area contributed by atoms with E-state index < -0.39 is 26.0 Å². The maximum absolute atomic E-state index is 12.4. The molecular weight excluding hydrogens is 859 g/mol. The normalized spacial score (nSPS) is 10.5. The number of rotatable bonds is 13. The standard InChI is InChI=1S/C18H23N5O6S.C9H9NO2S.C8H10N2O2.C2H7NO2S/c1-5-30(25,26)23-18(20-16-13(27-2)9-7-10-14(16)28-3)22-21-17(24)12-8-6-11-15(19-12)29-4;1-11-7-4-3-5-8(12-2)9(7)13-6-10;1-12-7-4-2-3-6(5-7)8(11)10-9;1-2-6(3,4)5/h6-11H,5H2,1-4H3,(H,21,24)(H2,20,22,23);3-5H,1-2H3;2-5H,9H2,1H3,(H,10,11);2H2,1H3,(H2,3,4,5). The number of carbonyl (C=O) groups excluding carboxylic acids is 2. The lowest BCUT2D eigenvalue weighted by Gasteiger charge is -2.17. The predicted molar refractivity (Wildman–Crippen MR) is 231 cm³/mol. The number of thioether (sulfide) groups is 1. The Balaban J connectivity index is 0.000000490. The third-order valence-electron chi connectivity index (χ3n) is 7.12. The van der Waals surface area contributed by atoms with E-state index in [1.807, 2.05) is 16.9 Å². The van der Waals surface area contributed by atoms with Crippen LogP contribution in [-0.2, 0) is 20.0 Å². The molecule has 0 unspecified atom stereocenters. The first-order chi connectivity index (χ1) is 29.0. The number of benzene rings is 3. The van der Waals surface area contributed by atoms with Crippen LogP contribution < -0.4 is 61.0 Å². The van der Waals surface area contributed by atoms with Crippen LogP contribution in [0.2, 0.25) is 0 Å². The molecule has 0 saturated carbocycles. The fraction of sp³-hybridized carbons (Fsp3) is 0.270. The van der Waals surface area contributed by atoms with Crippen LogP contribution in [-0.4, -0.2) is 93.8 Å². The van der Waals surface area contributed by atoms with Gasteiger partial charge in [0.1, 0.15) is 50.4 Å². The number of guanidine groups is 1. The van der Waals surface area contributed by atoms with Gasteiger partial charge in [-0.05, 0) is 74.1 Å². The monoisotopic (exact) mass is 907 g/mol. The number of carbonyl (C=O) groups is 2. The maximum atomic E-state index is 12.4. The predicted octanol–water partition coefficient (Wildman–Crippen LogP) is 3.03. The topological polar surface area (TPSA) is 307 Å². The van der Waals surface area contributed by atoms with Crippen LogP contribution in [0.15, 0.2) is 88.2 Å². The number of amides is 2. The highest BCUT2D eigenvalue weighted by atomic mass is 32.2. The number of nitrogens with one attached hydrogen (secondary N) is 4. The van der Waals surface area contributed by atoms with Gasteiger partial charge >= 0.3 is 0 Å². The zero-order chi connectivity index (χ0) is 46.0. The second-order valence-corrected chi connectivity index (χ2v) is 15.6. The summed E-state index contributed by atoms with van der Waals surface area (Å²) in [6.07, 6.45) is 0. The molecule has 24 heteroatoms. The molecule has 4 aromatic rings. The van der Waals surface area contributed by atoms with Crippen LogP contribution in [0.3, 0.4) is 0 Å². The number of nitrogens with two attached hydrogens (primary N) is 2. The number of pyridine rings is 1. The van der Waals surface area contributed by atoms with Gasteiger partial charge in [-0.3, -0.25) is 25.9 Å². The third kappa shape index (κ3) is 19.0. The van der Waals surface area contributed by atoms with E-state index >= 15 is 0 Å². The Morgan fingerprint density at radius 3 is 1.72 bits per heavy atom. The van der Waals surface area contributed by atoms with Crippen LogP contribution >= 0.6 is 11.8 Å². The quantitative estimate of drug-likeness (QED) is 0.0214. The lowest BCUT2D eigenvalue weighted by Crippen LogP contribution is -2.45. The van der Waals surface area contributed by atoms with Crippen LogP contribution in [0.4, 0.5) is 5.69 Å². The summed E-state index contributed by atoms with van der Waals surface area (Å²) >= 11 is 1.03. The van der Waals surface area contributed by atoms with Crippen LogP contribution in [0.25, 0.3) is 0 Å². The Labute approximate surface area is 359 Å². The van der Waals surface area contributed by atoms with Gasteiger partial charge in [0.05, 0.1) is 54.2 Å². The van der Waals surface area contributed by atoms with Gasteiger partial charge in [-0.2, -0.15) is 5.26 Å². The minimum Gasteiger partial charge on any atom is -0.497 e. The smallest absolute Gasteiger partial charge is 0.288 e. The number of hydrogen-bond donors (Lipinski definition) is 6. The molecule has 2 amide bonds. The zero-order valence-electron chi connectivity index (χ0n) is 34.5. The van der Waals surface area contributed by atoms with Crippen LogP contribution in [0, 0.1) is 10.7 Å². The molecule has 0 radical (unpaired) electrons. The Morgan fingerprint density at radius 2 is 1.26 bits per heavy atom. The molecule has 8 N–H and O–H groups in total. The lowest BCUT2D eigenvalue weighted by atomic mass is 10.2. The second-order valence-electron chi connectivity index (χ2n) is 11.0. The molecule has 21 nitrogen and oxygen atoms in total. The number of aromatic nitrogens is 1. The largest absolute Gasteiger partial charge is 0.497 e. The van der Waals surface area contributed by atoms with E-state index in [0.717, 1.165) is 16.7 Å². The van der Waals surface area contributed by atoms with E-state index in [2.05, 4.69) is 30.7 Å².